The Hall–Kier alpha value is -0.340. The van der Waals surface area contributed by atoms with E-state index in [0.29, 0.717) is 0 Å². The molecule has 0 aliphatic carbocycles. The van der Waals surface area contributed by atoms with Gasteiger partial charge in [-0.05, 0) is 32.4 Å². The second-order valence-corrected chi connectivity index (χ2v) is 4.56. The molecule has 1 nitrogen and oxygen atoms in total. The Kier molecular flexibility index (Phi) is 2.59. The van der Waals surface area contributed by atoms with E-state index in [1.165, 1.54) is 5.56 Å². The summed E-state index contributed by atoms with van der Waals surface area (Å²) >= 11 is 3.49. The highest BCUT2D eigenvalue weighted by atomic mass is 79.9. The molecule has 0 atom stereocenters. The van der Waals surface area contributed by atoms with Gasteiger partial charge in [0.05, 0.1) is 0 Å². The molecule has 0 fully saturated rings. The van der Waals surface area contributed by atoms with Crippen molar-refractivity contribution in [3.8, 4) is 0 Å². The molecular weight excluding hydrogens is 214 g/mol. The third kappa shape index (κ3) is 2.08. The Morgan fingerprint density at radius 2 is 1.92 bits per heavy atom. The summed E-state index contributed by atoms with van der Waals surface area (Å²) < 4.78 is 1.08. The lowest BCUT2D eigenvalue weighted by atomic mass is 9.94. The van der Waals surface area contributed by atoms with Crippen LogP contribution in [-0.4, -0.2) is 0 Å². The lowest BCUT2D eigenvalue weighted by molar-refractivity contribution is 0.551. The van der Waals surface area contributed by atoms with Crippen molar-refractivity contribution in [3.63, 3.8) is 0 Å². The van der Waals surface area contributed by atoms with E-state index in [1.807, 2.05) is 19.9 Å². The first kappa shape index (κ1) is 9.75. The molecule has 0 aliphatic rings. The van der Waals surface area contributed by atoms with Gasteiger partial charge in [-0.1, -0.05) is 33.6 Å². The van der Waals surface area contributed by atoms with Crippen LogP contribution in [0.5, 0.6) is 0 Å². The molecule has 1 aromatic carbocycles. The van der Waals surface area contributed by atoms with Crippen LogP contribution in [0.25, 0.3) is 0 Å². The summed E-state index contributed by atoms with van der Waals surface area (Å²) in [4.78, 5) is 0. The van der Waals surface area contributed by atoms with Crippen LogP contribution in [0.2, 0.25) is 0 Å². The standard InChI is InChI=1S/C10H14BrN/c1-7-4-5-9(11)8(6-7)10(2,3)12/h4-6H,12H2,1-3H3. The number of hydrogen-bond acceptors (Lipinski definition) is 1. The van der Waals surface area contributed by atoms with Crippen molar-refractivity contribution in [1.82, 2.24) is 0 Å². The predicted molar refractivity (Wildman–Crippen MR) is 56.1 cm³/mol. The predicted octanol–water partition coefficient (Wildman–Crippen LogP) is 2.95. The van der Waals surface area contributed by atoms with Crippen molar-refractivity contribution in [1.29, 1.82) is 0 Å². The fourth-order valence-electron chi connectivity index (χ4n) is 1.13. The summed E-state index contributed by atoms with van der Waals surface area (Å²) in [6.45, 7) is 6.08. The van der Waals surface area contributed by atoms with Crippen molar-refractivity contribution >= 4 is 15.9 Å². The van der Waals surface area contributed by atoms with Gasteiger partial charge in [-0.2, -0.15) is 0 Å². The maximum Gasteiger partial charge on any atom is 0.0363 e. The van der Waals surface area contributed by atoms with Gasteiger partial charge in [0.25, 0.3) is 0 Å². The molecule has 0 saturated heterocycles. The van der Waals surface area contributed by atoms with E-state index in [4.69, 9.17) is 5.73 Å². The van der Waals surface area contributed by atoms with Gasteiger partial charge < -0.3 is 5.73 Å². The molecule has 1 aromatic rings. The Balaban J connectivity index is 3.23. The maximum atomic E-state index is 6.00. The number of rotatable bonds is 1. The highest BCUT2D eigenvalue weighted by Crippen LogP contribution is 2.26. The molecule has 12 heavy (non-hydrogen) atoms. The summed E-state index contributed by atoms with van der Waals surface area (Å²) in [5.74, 6) is 0. The van der Waals surface area contributed by atoms with E-state index in [9.17, 15) is 0 Å². The van der Waals surface area contributed by atoms with E-state index in [2.05, 4.69) is 35.0 Å². The fourth-order valence-corrected chi connectivity index (χ4v) is 1.89. The van der Waals surface area contributed by atoms with Gasteiger partial charge >= 0.3 is 0 Å². The van der Waals surface area contributed by atoms with Crippen molar-refractivity contribution < 1.29 is 0 Å². The minimum Gasteiger partial charge on any atom is -0.322 e. The first-order valence-electron chi connectivity index (χ1n) is 3.97. The number of aryl methyl sites for hydroxylation is 1. The first-order chi connectivity index (χ1) is 5.41. The van der Waals surface area contributed by atoms with E-state index in [1.54, 1.807) is 0 Å². The van der Waals surface area contributed by atoms with Crippen LogP contribution in [0.3, 0.4) is 0 Å². The topological polar surface area (TPSA) is 26.0 Å². The van der Waals surface area contributed by atoms with E-state index in [-0.39, 0.29) is 5.54 Å². The molecule has 0 spiro atoms. The fraction of sp³-hybridized carbons (Fsp3) is 0.400. The Bertz CT molecular complexity index is 286. The minimum atomic E-state index is -0.273. The van der Waals surface area contributed by atoms with Gasteiger partial charge in [0.1, 0.15) is 0 Å². The van der Waals surface area contributed by atoms with Crippen molar-refractivity contribution in [2.75, 3.05) is 0 Å². The summed E-state index contributed by atoms with van der Waals surface area (Å²) in [6, 6.07) is 6.22. The van der Waals surface area contributed by atoms with Gasteiger partial charge in [0, 0.05) is 10.0 Å². The molecule has 0 aromatic heterocycles. The van der Waals surface area contributed by atoms with Crippen LogP contribution in [0.4, 0.5) is 0 Å². The van der Waals surface area contributed by atoms with Crippen LogP contribution in [0.1, 0.15) is 25.0 Å². The maximum absolute atomic E-state index is 6.00. The third-order valence-corrected chi connectivity index (χ3v) is 2.51. The molecule has 0 heterocycles. The molecule has 1 rings (SSSR count). The van der Waals surface area contributed by atoms with Crippen LogP contribution in [-0.2, 0) is 5.54 Å². The number of nitrogens with two attached hydrogens (primary N) is 1. The monoisotopic (exact) mass is 227 g/mol. The van der Waals surface area contributed by atoms with Crippen LogP contribution < -0.4 is 5.73 Å². The van der Waals surface area contributed by atoms with Crippen LogP contribution >= 0.6 is 15.9 Å². The summed E-state index contributed by atoms with van der Waals surface area (Å²) in [5.41, 5.74) is 8.12. The lowest BCUT2D eigenvalue weighted by Crippen LogP contribution is -2.29. The van der Waals surface area contributed by atoms with Gasteiger partial charge in [0.15, 0.2) is 0 Å². The minimum absolute atomic E-state index is 0.273. The Morgan fingerprint density at radius 1 is 1.33 bits per heavy atom. The zero-order chi connectivity index (χ0) is 9.35. The number of hydrogen-bond donors (Lipinski definition) is 1. The first-order valence-corrected chi connectivity index (χ1v) is 4.76. The van der Waals surface area contributed by atoms with Crippen molar-refractivity contribution in [3.05, 3.63) is 33.8 Å². The Morgan fingerprint density at radius 3 is 2.33 bits per heavy atom. The highest BCUT2D eigenvalue weighted by Gasteiger charge is 2.16. The van der Waals surface area contributed by atoms with E-state index < -0.39 is 0 Å². The van der Waals surface area contributed by atoms with Gasteiger partial charge in [0.2, 0.25) is 0 Å². The summed E-state index contributed by atoms with van der Waals surface area (Å²) in [5, 5.41) is 0. The average molecular weight is 228 g/mol. The van der Waals surface area contributed by atoms with E-state index in [0.717, 1.165) is 10.0 Å². The van der Waals surface area contributed by atoms with Gasteiger partial charge in [-0.25, -0.2) is 0 Å². The lowest BCUT2D eigenvalue weighted by Gasteiger charge is -2.21. The quantitative estimate of drug-likeness (QED) is 0.785. The normalized spacial score (nSPS) is 11.8. The zero-order valence-corrected chi connectivity index (χ0v) is 9.27. The number of halogens is 1. The SMILES string of the molecule is Cc1ccc(Br)c(C(C)(C)N)c1. The second-order valence-electron chi connectivity index (χ2n) is 3.70. The van der Waals surface area contributed by atoms with Crippen LogP contribution in [0, 0.1) is 6.92 Å². The van der Waals surface area contributed by atoms with Crippen molar-refractivity contribution in [2.45, 2.75) is 26.3 Å². The third-order valence-electron chi connectivity index (χ3n) is 1.82. The van der Waals surface area contributed by atoms with Gasteiger partial charge in [-0.3, -0.25) is 0 Å². The molecule has 66 valence electrons. The molecule has 0 amide bonds. The molecule has 2 heteroatoms. The number of benzene rings is 1. The molecular formula is C10H14BrN. The molecule has 0 aliphatic heterocycles. The Labute approximate surface area is 82.1 Å². The van der Waals surface area contributed by atoms with Crippen LogP contribution in [0.15, 0.2) is 22.7 Å². The molecule has 0 saturated carbocycles. The largest absolute Gasteiger partial charge is 0.322 e. The second kappa shape index (κ2) is 3.19. The molecule has 0 radical (unpaired) electrons. The molecule has 2 N–H and O–H groups in total. The zero-order valence-electron chi connectivity index (χ0n) is 7.69. The van der Waals surface area contributed by atoms with Gasteiger partial charge in [-0.15, -0.1) is 0 Å². The molecule has 0 bridgehead atoms. The van der Waals surface area contributed by atoms with Crippen molar-refractivity contribution in [2.24, 2.45) is 5.73 Å². The summed E-state index contributed by atoms with van der Waals surface area (Å²) in [7, 11) is 0. The summed E-state index contributed by atoms with van der Waals surface area (Å²) in [6.07, 6.45) is 0. The highest BCUT2D eigenvalue weighted by molar-refractivity contribution is 9.10. The average Bonchev–Trinajstić information content (AvgIpc) is 1.92. The van der Waals surface area contributed by atoms with E-state index >= 15 is 0 Å². The molecule has 0 unspecified atom stereocenters. The smallest absolute Gasteiger partial charge is 0.0363 e.